The zero-order valence-electron chi connectivity index (χ0n) is 19.6. The highest BCUT2D eigenvalue weighted by atomic mass is 19.1. The first-order valence-corrected chi connectivity index (χ1v) is 11.5. The predicted molar refractivity (Wildman–Crippen MR) is 132 cm³/mol. The van der Waals surface area contributed by atoms with Crippen molar-refractivity contribution in [1.82, 2.24) is 24.6 Å². The molecule has 180 valence electrons. The zero-order valence-corrected chi connectivity index (χ0v) is 19.6. The molecule has 1 amide bonds. The van der Waals surface area contributed by atoms with Crippen LogP contribution in [0.5, 0.6) is 0 Å². The molecule has 0 aliphatic rings. The lowest BCUT2D eigenvalue weighted by atomic mass is 10.1. The predicted octanol–water partition coefficient (Wildman–Crippen LogP) is 5.30. The first kappa shape index (κ1) is 23.3. The Morgan fingerprint density at radius 1 is 0.944 bits per heavy atom. The van der Waals surface area contributed by atoms with E-state index in [2.05, 4.69) is 15.2 Å². The molecule has 8 heteroatoms. The molecule has 0 unspecified atom stereocenters. The van der Waals surface area contributed by atoms with E-state index >= 15 is 0 Å². The molecule has 0 bridgehead atoms. The second-order valence-electron chi connectivity index (χ2n) is 8.65. The van der Waals surface area contributed by atoms with Crippen LogP contribution in [-0.2, 0) is 19.6 Å². The number of aromatic nitrogens is 4. The maximum Gasteiger partial charge on any atom is 0.273 e. The van der Waals surface area contributed by atoms with Crippen molar-refractivity contribution in [3.8, 4) is 0 Å². The Morgan fingerprint density at radius 2 is 1.75 bits per heavy atom. The number of nitrogens with zero attached hydrogens (tertiary/aromatic N) is 5. The van der Waals surface area contributed by atoms with Gasteiger partial charge in [0.05, 0.1) is 18.6 Å². The van der Waals surface area contributed by atoms with Gasteiger partial charge in [0.15, 0.2) is 5.82 Å². The molecule has 3 aromatic carbocycles. The van der Waals surface area contributed by atoms with E-state index in [1.165, 1.54) is 17.0 Å². The highest BCUT2D eigenvalue weighted by Gasteiger charge is 2.22. The molecule has 6 nitrogen and oxygen atoms in total. The van der Waals surface area contributed by atoms with Crippen molar-refractivity contribution in [1.29, 1.82) is 0 Å². The topological polar surface area (TPSA) is 63.9 Å². The molecule has 0 spiro atoms. The summed E-state index contributed by atoms with van der Waals surface area (Å²) in [5, 5.41) is 9.16. The van der Waals surface area contributed by atoms with Crippen LogP contribution in [0.2, 0.25) is 0 Å². The van der Waals surface area contributed by atoms with Gasteiger partial charge in [0.1, 0.15) is 23.7 Å². The number of carbonyl (C=O) groups excluding carboxylic acids is 1. The van der Waals surface area contributed by atoms with Crippen LogP contribution in [0.1, 0.15) is 33.0 Å². The van der Waals surface area contributed by atoms with Crippen LogP contribution in [0, 0.1) is 18.6 Å². The summed E-state index contributed by atoms with van der Waals surface area (Å²) in [6.45, 7) is 2.52. The summed E-state index contributed by atoms with van der Waals surface area (Å²) in [5.41, 5.74) is 3.30. The van der Waals surface area contributed by atoms with Crippen LogP contribution < -0.4 is 0 Å². The lowest BCUT2D eigenvalue weighted by Gasteiger charge is -2.23. The normalized spacial score (nSPS) is 11.1. The minimum absolute atomic E-state index is 0.0655. The average molecular weight is 484 g/mol. The number of rotatable bonds is 7. The van der Waals surface area contributed by atoms with E-state index < -0.39 is 17.5 Å². The first-order valence-electron chi connectivity index (χ1n) is 11.5. The van der Waals surface area contributed by atoms with Crippen molar-refractivity contribution in [3.63, 3.8) is 0 Å². The van der Waals surface area contributed by atoms with E-state index in [1.54, 1.807) is 12.4 Å². The van der Waals surface area contributed by atoms with Crippen molar-refractivity contribution >= 4 is 16.8 Å². The zero-order chi connectivity index (χ0) is 25.1. The maximum atomic E-state index is 14.5. The van der Waals surface area contributed by atoms with Crippen LogP contribution in [0.3, 0.4) is 0 Å². The Hall–Kier alpha value is -4.46. The number of amides is 1. The van der Waals surface area contributed by atoms with Gasteiger partial charge in [0, 0.05) is 23.6 Å². The number of para-hydroxylation sites is 1. The second-order valence-corrected chi connectivity index (χ2v) is 8.65. The van der Waals surface area contributed by atoms with Gasteiger partial charge in [-0.2, -0.15) is 0 Å². The molecule has 36 heavy (non-hydrogen) atoms. The minimum Gasteiger partial charge on any atom is -0.325 e. The molecule has 2 aromatic heterocycles. The summed E-state index contributed by atoms with van der Waals surface area (Å²) < 4.78 is 29.9. The molecule has 0 saturated heterocycles. The largest absolute Gasteiger partial charge is 0.325 e. The summed E-state index contributed by atoms with van der Waals surface area (Å²) in [4.78, 5) is 19.6. The Kier molecular flexibility index (Phi) is 6.49. The summed E-state index contributed by atoms with van der Waals surface area (Å²) in [6.07, 6.45) is 1.60. The number of benzene rings is 3. The molecule has 2 heterocycles. The van der Waals surface area contributed by atoms with Crippen LogP contribution in [0.25, 0.3) is 10.9 Å². The maximum absolute atomic E-state index is 14.5. The Balaban J connectivity index is 1.47. The quantitative estimate of drug-likeness (QED) is 0.315. The molecule has 0 atom stereocenters. The van der Waals surface area contributed by atoms with Gasteiger partial charge in [-0.3, -0.25) is 4.79 Å². The van der Waals surface area contributed by atoms with Crippen molar-refractivity contribution < 1.29 is 13.6 Å². The Bertz CT molecular complexity index is 1530. The third-order valence-corrected chi connectivity index (χ3v) is 5.98. The van der Waals surface area contributed by atoms with Gasteiger partial charge in [0.2, 0.25) is 0 Å². The molecule has 0 aliphatic heterocycles. The first-order chi connectivity index (χ1) is 17.5. The van der Waals surface area contributed by atoms with E-state index in [1.807, 2.05) is 66.1 Å². The number of hydrogen-bond acceptors (Lipinski definition) is 4. The monoisotopic (exact) mass is 483 g/mol. The van der Waals surface area contributed by atoms with Crippen LogP contribution in [0.4, 0.5) is 8.78 Å². The molecule has 0 aliphatic carbocycles. The molecule has 0 fully saturated rings. The highest BCUT2D eigenvalue weighted by Crippen LogP contribution is 2.19. The van der Waals surface area contributed by atoms with Gasteiger partial charge in [-0.1, -0.05) is 60.2 Å². The van der Waals surface area contributed by atoms with Crippen LogP contribution in [-0.4, -0.2) is 30.6 Å². The number of carbonyl (C=O) groups is 1. The third-order valence-electron chi connectivity index (χ3n) is 5.98. The Labute approximate surface area is 206 Å². The fourth-order valence-electron chi connectivity index (χ4n) is 4.00. The summed E-state index contributed by atoms with van der Waals surface area (Å²) in [7, 11) is 0. The second kappa shape index (κ2) is 10.0. The summed E-state index contributed by atoms with van der Waals surface area (Å²) >= 11 is 0. The SMILES string of the molecule is Cc1ccc(Cn2cnnc2CN(Cc2ccc(F)cc2F)C(=O)c2ccc3ccccc3n2)cc1. The standard InChI is InChI=1S/C28H23F2N5O/c1-19-6-8-20(9-7-19)15-35-18-31-33-27(35)17-34(16-22-10-12-23(29)14-24(22)30)28(36)26-13-11-21-4-2-3-5-25(21)32-26/h2-14,18H,15-17H2,1H3. The van der Waals surface area contributed by atoms with Gasteiger partial charge in [-0.15, -0.1) is 10.2 Å². The Morgan fingerprint density at radius 3 is 2.56 bits per heavy atom. The molecule has 5 rings (SSSR count). The van der Waals surface area contributed by atoms with E-state index in [0.29, 0.717) is 17.9 Å². The average Bonchev–Trinajstić information content (AvgIpc) is 3.32. The molecule has 0 N–H and O–H groups in total. The van der Waals surface area contributed by atoms with E-state index in [-0.39, 0.29) is 24.3 Å². The fraction of sp³-hybridized carbons (Fsp3) is 0.143. The number of hydrogen-bond donors (Lipinski definition) is 0. The molecule has 0 saturated carbocycles. The molecular weight excluding hydrogens is 460 g/mol. The number of fused-ring (bicyclic) bond motifs is 1. The van der Waals surface area contributed by atoms with Crippen LogP contribution >= 0.6 is 0 Å². The van der Waals surface area contributed by atoms with Crippen molar-refractivity contribution in [2.45, 2.75) is 26.6 Å². The van der Waals surface area contributed by atoms with Gasteiger partial charge in [-0.05, 0) is 30.7 Å². The van der Waals surface area contributed by atoms with Gasteiger partial charge in [-0.25, -0.2) is 13.8 Å². The lowest BCUT2D eigenvalue weighted by molar-refractivity contribution is 0.0716. The number of halogens is 2. The van der Waals surface area contributed by atoms with Gasteiger partial charge in [0.25, 0.3) is 5.91 Å². The number of aryl methyl sites for hydroxylation is 1. The summed E-state index contributed by atoms with van der Waals surface area (Å²) in [6, 6.07) is 22.4. The van der Waals surface area contributed by atoms with E-state index in [0.717, 1.165) is 22.6 Å². The lowest BCUT2D eigenvalue weighted by Crippen LogP contribution is -2.32. The molecular formula is C28H23F2N5O. The van der Waals surface area contributed by atoms with Crippen molar-refractivity contribution in [2.75, 3.05) is 0 Å². The van der Waals surface area contributed by atoms with Gasteiger partial charge >= 0.3 is 0 Å². The smallest absolute Gasteiger partial charge is 0.273 e. The molecule has 5 aromatic rings. The molecule has 0 radical (unpaired) electrons. The van der Waals surface area contributed by atoms with Crippen molar-refractivity contribution in [2.24, 2.45) is 0 Å². The van der Waals surface area contributed by atoms with Gasteiger partial charge < -0.3 is 9.47 Å². The minimum atomic E-state index is -0.722. The van der Waals surface area contributed by atoms with Crippen molar-refractivity contribution in [3.05, 3.63) is 125 Å². The number of pyridine rings is 1. The highest BCUT2D eigenvalue weighted by molar-refractivity contribution is 5.94. The van der Waals surface area contributed by atoms with Crippen LogP contribution in [0.15, 0.2) is 85.2 Å². The van der Waals surface area contributed by atoms with E-state index in [9.17, 15) is 13.6 Å². The summed E-state index contributed by atoms with van der Waals surface area (Å²) in [5.74, 6) is -1.26. The fourth-order valence-corrected chi connectivity index (χ4v) is 4.00. The van der Waals surface area contributed by atoms with E-state index in [4.69, 9.17) is 0 Å². The third kappa shape index (κ3) is 5.12.